The molecule has 0 spiro atoms. The molecule has 41 heavy (non-hydrogen) atoms. The summed E-state index contributed by atoms with van der Waals surface area (Å²) in [6.45, 7) is 7.25. The number of fused-ring (bicyclic) bond motifs is 1. The summed E-state index contributed by atoms with van der Waals surface area (Å²) in [6, 6.07) is 27.4. The number of aromatic hydroxyl groups is 1. The standard InChI is InChI=1S/C31H17F3N4O3/c1-36-20-9-13-23(14-10-20)37(22-11-7-19(18-35)8-12-22)24-15-16-25-26(17-24)38(21-5-3-2-4-6-21)30(41)27(28(25)39)29(40)31(32,33)34/h2-17,39H. The maximum absolute atomic E-state index is 13.5. The Morgan fingerprint density at radius 2 is 1.49 bits per heavy atom. The maximum Gasteiger partial charge on any atom is 0.455 e. The van der Waals surface area contributed by atoms with Crippen molar-refractivity contribution in [1.82, 2.24) is 4.57 Å². The molecule has 0 fully saturated rings. The lowest BCUT2D eigenvalue weighted by atomic mass is 10.0. The number of aromatic nitrogens is 1. The molecular formula is C31H17F3N4O3. The smallest absolute Gasteiger partial charge is 0.455 e. The number of halogens is 3. The van der Waals surface area contributed by atoms with Crippen LogP contribution in [0.1, 0.15) is 15.9 Å². The van der Waals surface area contributed by atoms with Gasteiger partial charge in [0.25, 0.3) is 11.3 Å². The van der Waals surface area contributed by atoms with Crippen molar-refractivity contribution in [2.75, 3.05) is 4.90 Å². The monoisotopic (exact) mass is 550 g/mol. The van der Waals surface area contributed by atoms with Gasteiger partial charge in [0.15, 0.2) is 5.69 Å². The van der Waals surface area contributed by atoms with E-state index in [1.807, 2.05) is 6.07 Å². The number of hydrogen-bond donors (Lipinski definition) is 1. The van der Waals surface area contributed by atoms with Gasteiger partial charge in [0.2, 0.25) is 0 Å². The Labute approximate surface area is 231 Å². The number of hydrogen-bond acceptors (Lipinski definition) is 5. The number of anilines is 3. The van der Waals surface area contributed by atoms with Gasteiger partial charge in [0.05, 0.1) is 23.7 Å². The summed E-state index contributed by atoms with van der Waals surface area (Å²) in [7, 11) is 0. The number of nitrogens with zero attached hydrogens (tertiary/aromatic N) is 4. The van der Waals surface area contributed by atoms with Crippen LogP contribution in [0.4, 0.5) is 35.9 Å². The van der Waals surface area contributed by atoms with Crippen LogP contribution in [-0.2, 0) is 0 Å². The summed E-state index contributed by atoms with van der Waals surface area (Å²) in [5, 5.41) is 19.9. The number of benzene rings is 4. The maximum atomic E-state index is 13.5. The van der Waals surface area contributed by atoms with Crippen molar-refractivity contribution in [2.24, 2.45) is 0 Å². The highest BCUT2D eigenvalue weighted by atomic mass is 19.4. The van der Waals surface area contributed by atoms with Gasteiger partial charge in [-0.2, -0.15) is 18.4 Å². The van der Waals surface area contributed by atoms with E-state index >= 15 is 0 Å². The molecule has 1 heterocycles. The summed E-state index contributed by atoms with van der Waals surface area (Å²) < 4.78 is 41.2. The van der Waals surface area contributed by atoms with E-state index in [4.69, 9.17) is 6.57 Å². The van der Waals surface area contributed by atoms with Crippen LogP contribution in [0.15, 0.2) is 102 Å². The van der Waals surface area contributed by atoms with E-state index in [1.165, 1.54) is 30.3 Å². The average molecular weight is 550 g/mol. The van der Waals surface area contributed by atoms with E-state index in [0.29, 0.717) is 28.3 Å². The third-order valence-electron chi connectivity index (χ3n) is 6.38. The lowest BCUT2D eigenvalue weighted by molar-refractivity contribution is -0.0887. The van der Waals surface area contributed by atoms with Crippen molar-refractivity contribution >= 4 is 39.4 Å². The van der Waals surface area contributed by atoms with E-state index in [-0.39, 0.29) is 16.6 Å². The van der Waals surface area contributed by atoms with Gasteiger partial charge in [0, 0.05) is 28.1 Å². The molecule has 0 aliphatic heterocycles. The zero-order valence-corrected chi connectivity index (χ0v) is 20.9. The highest BCUT2D eigenvalue weighted by molar-refractivity contribution is 6.07. The number of ketones is 1. The molecule has 0 saturated heterocycles. The minimum Gasteiger partial charge on any atom is -0.506 e. The highest BCUT2D eigenvalue weighted by Gasteiger charge is 2.43. The van der Waals surface area contributed by atoms with Gasteiger partial charge in [-0.1, -0.05) is 30.3 Å². The zero-order valence-electron chi connectivity index (χ0n) is 20.9. The molecule has 5 rings (SSSR count). The van der Waals surface area contributed by atoms with Crippen molar-refractivity contribution in [3.05, 3.63) is 130 Å². The van der Waals surface area contributed by atoms with Gasteiger partial charge in [-0.15, -0.1) is 0 Å². The van der Waals surface area contributed by atoms with Crippen LogP contribution in [0.3, 0.4) is 0 Å². The van der Waals surface area contributed by atoms with Gasteiger partial charge >= 0.3 is 6.18 Å². The first kappa shape index (κ1) is 26.7. The first-order valence-corrected chi connectivity index (χ1v) is 12.0. The largest absolute Gasteiger partial charge is 0.506 e. The van der Waals surface area contributed by atoms with Gasteiger partial charge in [0.1, 0.15) is 11.3 Å². The van der Waals surface area contributed by atoms with Crippen LogP contribution in [-0.4, -0.2) is 21.6 Å². The van der Waals surface area contributed by atoms with E-state index in [1.54, 1.807) is 71.6 Å². The van der Waals surface area contributed by atoms with Crippen molar-refractivity contribution in [1.29, 1.82) is 5.26 Å². The molecule has 7 nitrogen and oxygen atoms in total. The molecular weight excluding hydrogens is 533 g/mol. The van der Waals surface area contributed by atoms with Crippen LogP contribution in [0.5, 0.6) is 5.75 Å². The molecule has 1 N–H and O–H groups in total. The Morgan fingerprint density at radius 1 is 0.902 bits per heavy atom. The number of nitriles is 1. The summed E-state index contributed by atoms with van der Waals surface area (Å²) >= 11 is 0. The normalized spacial score (nSPS) is 11.0. The molecule has 0 bridgehead atoms. The van der Waals surface area contributed by atoms with Crippen molar-refractivity contribution in [3.8, 4) is 17.5 Å². The third kappa shape index (κ3) is 4.86. The van der Waals surface area contributed by atoms with E-state index in [9.17, 15) is 33.1 Å². The number of para-hydroxylation sites is 1. The number of carbonyl (C=O) groups excluding carboxylic acids is 1. The highest BCUT2D eigenvalue weighted by Crippen LogP contribution is 2.39. The van der Waals surface area contributed by atoms with Crippen molar-refractivity contribution < 1.29 is 23.1 Å². The number of alkyl halides is 3. The van der Waals surface area contributed by atoms with Crippen LogP contribution in [0.25, 0.3) is 21.4 Å². The predicted octanol–water partition coefficient (Wildman–Crippen LogP) is 7.33. The SMILES string of the molecule is [C-]#[N+]c1ccc(N(c2ccc(C#N)cc2)c2ccc3c(O)c(C(=O)C(F)(F)F)c(=O)n(-c4ccccc4)c3c2)cc1. The Kier molecular flexibility index (Phi) is 6.75. The van der Waals surface area contributed by atoms with Crippen LogP contribution in [0.2, 0.25) is 0 Å². The molecule has 0 radical (unpaired) electrons. The molecule has 200 valence electrons. The van der Waals surface area contributed by atoms with Crippen LogP contribution < -0.4 is 10.5 Å². The number of rotatable bonds is 5. The molecule has 10 heteroatoms. The van der Waals surface area contributed by atoms with Crippen LogP contribution in [0, 0.1) is 17.9 Å². The molecule has 0 aliphatic carbocycles. The molecule has 0 atom stereocenters. The fraction of sp³-hybridized carbons (Fsp3) is 0.0323. The van der Waals surface area contributed by atoms with E-state index in [0.717, 1.165) is 4.57 Å². The lowest BCUT2D eigenvalue weighted by Crippen LogP contribution is -2.33. The fourth-order valence-electron chi connectivity index (χ4n) is 4.49. The minimum absolute atomic E-state index is 0.0475. The van der Waals surface area contributed by atoms with Crippen molar-refractivity contribution in [3.63, 3.8) is 0 Å². The van der Waals surface area contributed by atoms with E-state index in [2.05, 4.69) is 4.85 Å². The molecule has 0 unspecified atom stereocenters. The minimum atomic E-state index is -5.39. The first-order valence-electron chi connectivity index (χ1n) is 12.0. The molecule has 0 saturated carbocycles. The second kappa shape index (κ2) is 10.4. The second-order valence-electron chi connectivity index (χ2n) is 8.85. The number of pyridine rings is 1. The number of Topliss-reactive ketones (excluding diaryl/α,β-unsaturated/α-hetero) is 1. The molecule has 1 aromatic heterocycles. The topological polar surface area (TPSA) is 90.7 Å². The van der Waals surface area contributed by atoms with Gasteiger partial charge in [-0.3, -0.25) is 14.2 Å². The summed E-state index contributed by atoms with van der Waals surface area (Å²) in [5.41, 5.74) is -0.0160. The van der Waals surface area contributed by atoms with Gasteiger partial charge in [-0.25, -0.2) is 4.85 Å². The Bertz CT molecular complexity index is 1880. The summed E-state index contributed by atoms with van der Waals surface area (Å²) in [4.78, 5) is 30.9. The molecule has 4 aromatic carbocycles. The third-order valence-corrected chi connectivity index (χ3v) is 6.38. The molecule has 0 aliphatic rings. The Hall–Kier alpha value is -5.87. The Morgan fingerprint density at radius 3 is 2.05 bits per heavy atom. The number of carbonyl (C=O) groups is 1. The predicted molar refractivity (Wildman–Crippen MR) is 147 cm³/mol. The van der Waals surface area contributed by atoms with Gasteiger partial charge < -0.3 is 10.0 Å². The second-order valence-corrected chi connectivity index (χ2v) is 8.85. The lowest BCUT2D eigenvalue weighted by Gasteiger charge is -2.26. The molecule has 5 aromatic rings. The quantitative estimate of drug-likeness (QED) is 0.183. The van der Waals surface area contributed by atoms with Crippen molar-refractivity contribution in [2.45, 2.75) is 6.18 Å². The van der Waals surface area contributed by atoms with Crippen LogP contribution >= 0.6 is 0 Å². The van der Waals surface area contributed by atoms with E-state index < -0.39 is 28.8 Å². The Balaban J connectivity index is 1.83. The summed E-state index contributed by atoms with van der Waals surface area (Å²) in [6.07, 6.45) is -5.39. The molecule has 0 amide bonds. The zero-order chi connectivity index (χ0) is 29.3. The van der Waals surface area contributed by atoms with Gasteiger partial charge in [-0.05, 0) is 66.7 Å². The fourth-order valence-corrected chi connectivity index (χ4v) is 4.49. The average Bonchev–Trinajstić information content (AvgIpc) is 2.98. The summed E-state index contributed by atoms with van der Waals surface area (Å²) in [5.74, 6) is -3.52. The first-order chi connectivity index (χ1) is 19.6.